The second-order valence-corrected chi connectivity index (χ2v) is 10.3. The van der Waals surface area contributed by atoms with Gasteiger partial charge < -0.3 is 19.5 Å². The van der Waals surface area contributed by atoms with E-state index in [1.807, 2.05) is 52.0 Å². The quantitative estimate of drug-likeness (QED) is 0.404. The van der Waals surface area contributed by atoms with Crippen molar-refractivity contribution >= 4 is 23.4 Å². The number of benzene rings is 1. The zero-order valence-electron chi connectivity index (χ0n) is 21.7. The molecule has 4 atom stereocenters. The first-order chi connectivity index (χ1) is 15.9. The van der Waals surface area contributed by atoms with Crippen molar-refractivity contribution in [1.29, 1.82) is 0 Å². The Morgan fingerprint density at radius 3 is 1.97 bits per heavy atom. The van der Waals surface area contributed by atoms with Gasteiger partial charge in [-0.25, -0.2) is 0 Å². The van der Waals surface area contributed by atoms with Gasteiger partial charge in [0.05, 0.1) is 24.7 Å². The van der Waals surface area contributed by atoms with Gasteiger partial charge in [0.1, 0.15) is 5.92 Å². The van der Waals surface area contributed by atoms with Gasteiger partial charge in [-0.05, 0) is 50.3 Å². The molecule has 1 aromatic carbocycles. The fourth-order valence-corrected chi connectivity index (χ4v) is 4.59. The fraction of sp³-hybridized carbons (Fsp3) is 0.667. The van der Waals surface area contributed by atoms with Crippen LogP contribution in [0.4, 0.5) is 5.69 Å². The Morgan fingerprint density at radius 1 is 1.00 bits per heavy atom. The van der Waals surface area contributed by atoms with Crippen LogP contribution in [0.15, 0.2) is 24.3 Å². The van der Waals surface area contributed by atoms with Gasteiger partial charge in [-0.15, -0.1) is 0 Å². The van der Waals surface area contributed by atoms with Crippen LogP contribution >= 0.6 is 0 Å². The largest absolute Gasteiger partial charge is 0.465 e. The standard InChI is InChI=1S/C27H41NO6/c1-8-28(9-2)20-12-10-19(11-13-20)22-23(25(30)33-15-17(3)4)21(29)14-27(7,32)24(22)26(31)34-16-18(5)6/h10-13,17-18,22-24,32H,8-9,14-16H2,1-7H3/t22-,23-,24-,27-/m1/s1. The number of nitrogens with zero attached hydrogens (tertiary/aromatic N) is 1. The lowest BCUT2D eigenvalue weighted by Crippen LogP contribution is -2.55. The van der Waals surface area contributed by atoms with Crippen molar-refractivity contribution in [2.45, 2.75) is 66.4 Å². The minimum absolute atomic E-state index is 0.101. The Labute approximate surface area is 203 Å². The molecule has 1 aliphatic carbocycles. The Morgan fingerprint density at radius 2 is 1.50 bits per heavy atom. The summed E-state index contributed by atoms with van der Waals surface area (Å²) in [7, 11) is 0. The van der Waals surface area contributed by atoms with Crippen molar-refractivity contribution < 1.29 is 29.0 Å². The number of rotatable bonds is 10. The van der Waals surface area contributed by atoms with Crippen molar-refractivity contribution in [2.75, 3.05) is 31.2 Å². The molecule has 34 heavy (non-hydrogen) atoms. The number of ketones is 1. The van der Waals surface area contributed by atoms with Gasteiger partial charge >= 0.3 is 11.9 Å². The van der Waals surface area contributed by atoms with Crippen LogP contribution in [0.1, 0.15) is 66.4 Å². The molecule has 2 rings (SSSR count). The predicted octanol–water partition coefficient (Wildman–Crippen LogP) is 3.97. The van der Waals surface area contributed by atoms with E-state index in [-0.39, 0.29) is 31.5 Å². The zero-order chi connectivity index (χ0) is 25.6. The summed E-state index contributed by atoms with van der Waals surface area (Å²) in [5, 5.41) is 11.2. The summed E-state index contributed by atoms with van der Waals surface area (Å²) in [4.78, 5) is 41.7. The summed E-state index contributed by atoms with van der Waals surface area (Å²) < 4.78 is 11.0. The predicted molar refractivity (Wildman–Crippen MR) is 132 cm³/mol. The van der Waals surface area contributed by atoms with Gasteiger partial charge in [0.2, 0.25) is 0 Å². The molecule has 0 bridgehead atoms. The summed E-state index contributed by atoms with van der Waals surface area (Å²) in [5.41, 5.74) is -0.0231. The molecule has 0 saturated heterocycles. The average molecular weight is 476 g/mol. The van der Waals surface area contributed by atoms with Crippen molar-refractivity contribution in [1.82, 2.24) is 0 Å². The molecule has 0 spiro atoms. The molecule has 7 nitrogen and oxygen atoms in total. The van der Waals surface area contributed by atoms with Crippen LogP contribution in [0.3, 0.4) is 0 Å². The summed E-state index contributed by atoms with van der Waals surface area (Å²) in [5.74, 6) is -4.64. The number of hydrogen-bond acceptors (Lipinski definition) is 7. The number of anilines is 1. The average Bonchev–Trinajstić information content (AvgIpc) is 2.76. The highest BCUT2D eigenvalue weighted by atomic mass is 16.5. The maximum Gasteiger partial charge on any atom is 0.317 e. The lowest BCUT2D eigenvalue weighted by Gasteiger charge is -2.43. The Hall–Kier alpha value is -2.41. The van der Waals surface area contributed by atoms with Crippen molar-refractivity contribution in [3.63, 3.8) is 0 Å². The number of aliphatic hydroxyl groups is 1. The molecule has 7 heteroatoms. The van der Waals surface area contributed by atoms with E-state index in [4.69, 9.17) is 9.47 Å². The number of Topliss-reactive ketones (excluding diaryl/α,β-unsaturated/α-hetero) is 1. The molecule has 0 radical (unpaired) electrons. The van der Waals surface area contributed by atoms with E-state index in [0.29, 0.717) is 5.56 Å². The summed E-state index contributed by atoms with van der Waals surface area (Å²) in [6, 6.07) is 7.50. The van der Waals surface area contributed by atoms with Gasteiger partial charge in [0, 0.05) is 31.1 Å². The smallest absolute Gasteiger partial charge is 0.317 e. The van der Waals surface area contributed by atoms with E-state index in [9.17, 15) is 19.5 Å². The lowest BCUT2D eigenvalue weighted by molar-refractivity contribution is -0.173. The number of hydrogen-bond donors (Lipinski definition) is 1. The highest BCUT2D eigenvalue weighted by Crippen LogP contribution is 2.47. The van der Waals surface area contributed by atoms with E-state index < -0.39 is 41.1 Å². The first-order valence-electron chi connectivity index (χ1n) is 12.4. The van der Waals surface area contributed by atoms with E-state index in [2.05, 4.69) is 18.7 Å². The molecule has 0 heterocycles. The van der Waals surface area contributed by atoms with Crippen LogP contribution < -0.4 is 4.90 Å². The number of carbonyl (C=O) groups is 3. The van der Waals surface area contributed by atoms with Crippen molar-refractivity contribution in [3.8, 4) is 0 Å². The highest BCUT2D eigenvalue weighted by Gasteiger charge is 2.57. The molecule has 0 aliphatic heterocycles. The maximum atomic E-state index is 13.3. The minimum Gasteiger partial charge on any atom is -0.465 e. The third-order valence-electron chi connectivity index (χ3n) is 6.30. The summed E-state index contributed by atoms with van der Waals surface area (Å²) >= 11 is 0. The SMILES string of the molecule is CCN(CC)c1ccc([C@@H]2[C@H](C(=O)OCC(C)C)C(=O)C[C@@](C)(O)[C@H]2C(=O)OCC(C)C)cc1. The zero-order valence-corrected chi connectivity index (χ0v) is 21.7. The molecule has 1 N–H and O–H groups in total. The summed E-state index contributed by atoms with van der Waals surface area (Å²) in [6.45, 7) is 15.3. The molecule has 0 unspecified atom stereocenters. The lowest BCUT2D eigenvalue weighted by atomic mass is 9.61. The van der Waals surface area contributed by atoms with Crippen LogP contribution in [0.25, 0.3) is 0 Å². The van der Waals surface area contributed by atoms with E-state index in [0.717, 1.165) is 18.8 Å². The van der Waals surface area contributed by atoms with Gasteiger partial charge in [-0.2, -0.15) is 0 Å². The Kier molecular flexibility index (Phi) is 9.68. The third kappa shape index (κ3) is 6.59. The molecule has 190 valence electrons. The molecular formula is C27H41NO6. The van der Waals surface area contributed by atoms with E-state index >= 15 is 0 Å². The maximum absolute atomic E-state index is 13.3. The first-order valence-corrected chi connectivity index (χ1v) is 12.4. The van der Waals surface area contributed by atoms with Gasteiger partial charge in [0.25, 0.3) is 0 Å². The molecule has 0 aromatic heterocycles. The highest BCUT2D eigenvalue weighted by molar-refractivity contribution is 6.02. The van der Waals surface area contributed by atoms with E-state index in [1.165, 1.54) is 6.92 Å². The second kappa shape index (κ2) is 11.8. The van der Waals surface area contributed by atoms with Crippen LogP contribution in [-0.2, 0) is 23.9 Å². The van der Waals surface area contributed by atoms with Crippen LogP contribution in [0, 0.1) is 23.7 Å². The molecule has 0 amide bonds. The molecule has 1 aromatic rings. The number of carbonyl (C=O) groups excluding carboxylic acids is 3. The van der Waals surface area contributed by atoms with Gasteiger partial charge in [-0.3, -0.25) is 14.4 Å². The molecule has 1 aliphatic rings. The van der Waals surface area contributed by atoms with Crippen LogP contribution in [0.5, 0.6) is 0 Å². The van der Waals surface area contributed by atoms with Crippen LogP contribution in [0.2, 0.25) is 0 Å². The number of esters is 2. The Bertz CT molecular complexity index is 841. The van der Waals surface area contributed by atoms with Crippen LogP contribution in [-0.4, -0.2) is 54.7 Å². The van der Waals surface area contributed by atoms with Gasteiger partial charge in [-0.1, -0.05) is 39.8 Å². The topological polar surface area (TPSA) is 93.1 Å². The van der Waals surface area contributed by atoms with Gasteiger partial charge in [0.15, 0.2) is 5.78 Å². The Balaban J connectivity index is 2.55. The molecular weight excluding hydrogens is 434 g/mol. The number of ether oxygens (including phenoxy) is 2. The fourth-order valence-electron chi connectivity index (χ4n) is 4.59. The van der Waals surface area contributed by atoms with E-state index in [1.54, 1.807) is 0 Å². The first kappa shape index (κ1) is 27.8. The third-order valence-corrected chi connectivity index (χ3v) is 6.30. The molecule has 1 saturated carbocycles. The second-order valence-electron chi connectivity index (χ2n) is 10.3. The van der Waals surface area contributed by atoms with Crippen molar-refractivity contribution in [2.24, 2.45) is 23.7 Å². The normalized spacial score (nSPS) is 24.9. The molecule has 1 fully saturated rings. The minimum atomic E-state index is -1.65. The summed E-state index contributed by atoms with van der Waals surface area (Å²) in [6.07, 6.45) is -0.316. The van der Waals surface area contributed by atoms with Crippen molar-refractivity contribution in [3.05, 3.63) is 29.8 Å². The monoisotopic (exact) mass is 475 g/mol.